The Morgan fingerprint density at radius 3 is 2.70 bits per heavy atom. The number of ether oxygens (including phenoxy) is 1. The highest BCUT2D eigenvalue weighted by Crippen LogP contribution is 2.24. The summed E-state index contributed by atoms with van der Waals surface area (Å²) in [4.78, 5) is 25.6. The lowest BCUT2D eigenvalue weighted by atomic mass is 10.2. The zero-order chi connectivity index (χ0) is 14.7. The number of carboxylic acids is 1. The highest BCUT2D eigenvalue weighted by Gasteiger charge is 2.15. The topological polar surface area (TPSA) is 103 Å². The molecule has 0 aliphatic carbocycles. The smallest absolute Gasteiger partial charge is 0.341 e. The number of hydrogen-bond acceptors (Lipinski definition) is 4. The summed E-state index contributed by atoms with van der Waals surface area (Å²) in [6.07, 6.45) is 0.833. The number of halogens is 1. The molecule has 1 amide bonds. The van der Waals surface area contributed by atoms with Gasteiger partial charge in [0.25, 0.3) is 0 Å². The molecule has 0 radical (unpaired) electrons. The molecule has 2 rings (SSSR count). The lowest BCUT2D eigenvalue weighted by Crippen LogP contribution is -2.10. The molecule has 0 aliphatic rings. The van der Waals surface area contributed by atoms with E-state index in [2.05, 4.69) is 4.98 Å². The van der Waals surface area contributed by atoms with Crippen LogP contribution in [-0.2, 0) is 0 Å². The van der Waals surface area contributed by atoms with Crippen LogP contribution in [0.4, 0.5) is 4.39 Å². The van der Waals surface area contributed by atoms with Crippen LogP contribution in [0.1, 0.15) is 20.7 Å². The third kappa shape index (κ3) is 2.89. The average Bonchev–Trinajstić information content (AvgIpc) is 2.41. The maximum atomic E-state index is 13.0. The van der Waals surface area contributed by atoms with Gasteiger partial charge in [-0.2, -0.15) is 0 Å². The van der Waals surface area contributed by atoms with E-state index in [4.69, 9.17) is 15.6 Å². The largest absolute Gasteiger partial charge is 0.477 e. The average molecular weight is 276 g/mol. The van der Waals surface area contributed by atoms with E-state index in [0.29, 0.717) is 0 Å². The molecule has 0 saturated carbocycles. The van der Waals surface area contributed by atoms with Crippen LogP contribution in [0.15, 0.2) is 36.5 Å². The number of amides is 1. The summed E-state index contributed by atoms with van der Waals surface area (Å²) >= 11 is 0. The molecule has 1 aromatic carbocycles. The van der Waals surface area contributed by atoms with Crippen molar-refractivity contribution in [3.63, 3.8) is 0 Å². The Kier molecular flexibility index (Phi) is 3.60. The number of aromatic nitrogens is 1. The molecule has 1 heterocycles. The third-order valence-corrected chi connectivity index (χ3v) is 2.38. The van der Waals surface area contributed by atoms with E-state index < -0.39 is 23.3 Å². The van der Waals surface area contributed by atoms with Crippen molar-refractivity contribution >= 4 is 11.9 Å². The van der Waals surface area contributed by atoms with Gasteiger partial charge in [-0.05, 0) is 24.3 Å². The van der Waals surface area contributed by atoms with E-state index >= 15 is 0 Å². The number of nitrogens with zero attached hydrogens (tertiary/aromatic N) is 1. The second-order valence-corrected chi connectivity index (χ2v) is 3.81. The first-order valence-corrected chi connectivity index (χ1v) is 5.44. The quantitative estimate of drug-likeness (QED) is 0.886. The van der Waals surface area contributed by atoms with Gasteiger partial charge in [0, 0.05) is 5.56 Å². The molecule has 0 aliphatic heterocycles. The van der Waals surface area contributed by atoms with Gasteiger partial charge in [0.1, 0.15) is 17.1 Å². The summed E-state index contributed by atoms with van der Waals surface area (Å²) in [6, 6.07) is 6.61. The number of nitrogens with two attached hydrogens (primary N) is 1. The first kappa shape index (κ1) is 13.5. The number of carbonyl (C=O) groups excluding carboxylic acids is 1. The van der Waals surface area contributed by atoms with Crippen molar-refractivity contribution in [2.75, 3.05) is 0 Å². The Morgan fingerprint density at radius 1 is 1.30 bits per heavy atom. The summed E-state index contributed by atoms with van der Waals surface area (Å²) in [6.45, 7) is 0. The van der Waals surface area contributed by atoms with Crippen LogP contribution in [0.3, 0.4) is 0 Å². The van der Waals surface area contributed by atoms with Gasteiger partial charge in [0.15, 0.2) is 0 Å². The number of pyridine rings is 1. The SMILES string of the molecule is NC(=O)c1cccc(Oc2ncc(F)cc2C(=O)O)c1. The van der Waals surface area contributed by atoms with Crippen molar-refractivity contribution in [3.05, 3.63) is 53.5 Å². The highest BCUT2D eigenvalue weighted by atomic mass is 19.1. The summed E-state index contributed by atoms with van der Waals surface area (Å²) in [5, 5.41) is 8.95. The fourth-order valence-electron chi connectivity index (χ4n) is 1.49. The fraction of sp³-hybridized carbons (Fsp3) is 0. The zero-order valence-electron chi connectivity index (χ0n) is 10.0. The van der Waals surface area contributed by atoms with Gasteiger partial charge in [-0.3, -0.25) is 4.79 Å². The van der Waals surface area contributed by atoms with E-state index in [1.807, 2.05) is 0 Å². The van der Waals surface area contributed by atoms with Crippen molar-refractivity contribution in [1.82, 2.24) is 4.98 Å². The van der Waals surface area contributed by atoms with Crippen LogP contribution in [0, 0.1) is 5.82 Å². The molecule has 0 bridgehead atoms. The number of carboxylic acid groups (broad SMARTS) is 1. The van der Waals surface area contributed by atoms with Crippen molar-refractivity contribution in [2.45, 2.75) is 0 Å². The maximum absolute atomic E-state index is 13.0. The minimum atomic E-state index is -1.38. The Hall–Kier alpha value is -2.96. The molecular weight excluding hydrogens is 267 g/mol. The molecule has 2 aromatic rings. The molecule has 0 saturated heterocycles. The molecule has 20 heavy (non-hydrogen) atoms. The summed E-state index contributed by atoms with van der Waals surface area (Å²) in [5.74, 6) is -2.93. The summed E-state index contributed by atoms with van der Waals surface area (Å²) in [5.41, 5.74) is 4.89. The standard InChI is InChI=1S/C13H9FN2O4/c14-8-5-10(13(18)19)12(16-6-8)20-9-3-1-2-7(4-9)11(15)17/h1-6H,(H2,15,17)(H,18,19). The number of aromatic carboxylic acids is 1. The van der Waals surface area contributed by atoms with E-state index in [0.717, 1.165) is 12.3 Å². The van der Waals surface area contributed by atoms with Crippen LogP contribution >= 0.6 is 0 Å². The molecule has 3 N–H and O–H groups in total. The van der Waals surface area contributed by atoms with E-state index in [9.17, 15) is 14.0 Å². The molecular formula is C13H9FN2O4. The number of rotatable bonds is 4. The van der Waals surface area contributed by atoms with Crippen molar-refractivity contribution in [2.24, 2.45) is 5.73 Å². The van der Waals surface area contributed by atoms with Crippen LogP contribution in [0.25, 0.3) is 0 Å². The molecule has 1 aromatic heterocycles. The second kappa shape index (κ2) is 5.35. The predicted molar refractivity (Wildman–Crippen MR) is 66.2 cm³/mol. The number of carbonyl (C=O) groups is 2. The first-order chi connectivity index (χ1) is 9.47. The maximum Gasteiger partial charge on any atom is 0.341 e. The van der Waals surface area contributed by atoms with E-state index in [-0.39, 0.29) is 17.2 Å². The predicted octanol–water partition coefficient (Wildman–Crippen LogP) is 1.81. The van der Waals surface area contributed by atoms with Gasteiger partial charge in [-0.25, -0.2) is 14.2 Å². The van der Waals surface area contributed by atoms with E-state index in [1.54, 1.807) is 0 Å². The van der Waals surface area contributed by atoms with Crippen LogP contribution in [0.5, 0.6) is 11.6 Å². The van der Waals surface area contributed by atoms with Gasteiger partial charge >= 0.3 is 5.97 Å². The van der Waals surface area contributed by atoms with Crippen molar-refractivity contribution in [1.29, 1.82) is 0 Å². The van der Waals surface area contributed by atoms with Gasteiger partial charge in [-0.15, -0.1) is 0 Å². The van der Waals surface area contributed by atoms with Gasteiger partial charge in [0.05, 0.1) is 6.20 Å². The van der Waals surface area contributed by atoms with Crippen molar-refractivity contribution in [3.8, 4) is 11.6 Å². The second-order valence-electron chi connectivity index (χ2n) is 3.81. The molecule has 7 heteroatoms. The van der Waals surface area contributed by atoms with Gasteiger partial charge in [0.2, 0.25) is 11.8 Å². The fourth-order valence-corrected chi connectivity index (χ4v) is 1.49. The Balaban J connectivity index is 2.37. The van der Waals surface area contributed by atoms with Crippen LogP contribution in [0.2, 0.25) is 0 Å². The lowest BCUT2D eigenvalue weighted by molar-refractivity contribution is 0.0692. The van der Waals surface area contributed by atoms with E-state index in [1.165, 1.54) is 24.3 Å². The summed E-state index contributed by atoms with van der Waals surface area (Å²) in [7, 11) is 0. The summed E-state index contributed by atoms with van der Waals surface area (Å²) < 4.78 is 18.2. The molecule has 6 nitrogen and oxygen atoms in total. The highest BCUT2D eigenvalue weighted by molar-refractivity contribution is 5.93. The Bertz CT molecular complexity index is 688. The minimum absolute atomic E-state index is 0.169. The van der Waals surface area contributed by atoms with Gasteiger partial charge < -0.3 is 15.6 Å². The number of hydrogen-bond donors (Lipinski definition) is 2. The van der Waals surface area contributed by atoms with Crippen molar-refractivity contribution < 1.29 is 23.8 Å². The van der Waals surface area contributed by atoms with Crippen LogP contribution < -0.4 is 10.5 Å². The normalized spacial score (nSPS) is 10.1. The lowest BCUT2D eigenvalue weighted by Gasteiger charge is -2.08. The third-order valence-electron chi connectivity index (χ3n) is 2.38. The molecule has 0 fully saturated rings. The first-order valence-electron chi connectivity index (χ1n) is 5.44. The van der Waals surface area contributed by atoms with Crippen LogP contribution in [-0.4, -0.2) is 22.0 Å². The Morgan fingerprint density at radius 2 is 2.05 bits per heavy atom. The van der Waals surface area contributed by atoms with Gasteiger partial charge in [-0.1, -0.05) is 6.07 Å². The number of benzene rings is 1. The molecule has 102 valence electrons. The minimum Gasteiger partial charge on any atom is -0.477 e. The molecule has 0 spiro atoms. The number of primary amides is 1. The molecule has 0 atom stereocenters. The molecule has 0 unspecified atom stereocenters. The zero-order valence-corrected chi connectivity index (χ0v) is 10.0. The monoisotopic (exact) mass is 276 g/mol. The Labute approximate surface area is 112 Å².